The largest absolute Gasteiger partial charge is 0.481 e. The van der Waals surface area contributed by atoms with Crippen molar-refractivity contribution in [2.24, 2.45) is 0 Å². The number of allylic oxidation sites excluding steroid dienone is 1. The van der Waals surface area contributed by atoms with Crippen molar-refractivity contribution >= 4 is 11.9 Å². The van der Waals surface area contributed by atoms with E-state index in [0.29, 0.717) is 18.4 Å². The van der Waals surface area contributed by atoms with Gasteiger partial charge in [-0.3, -0.25) is 4.79 Å². The Balaban J connectivity index is 3.60. The fourth-order valence-electron chi connectivity index (χ4n) is 2.63. The summed E-state index contributed by atoms with van der Waals surface area (Å²) in [6, 6.07) is 0. The van der Waals surface area contributed by atoms with E-state index in [1.165, 1.54) is 51.4 Å². The fourth-order valence-corrected chi connectivity index (χ4v) is 2.63. The molecule has 0 heterocycles. The third-order valence-electron chi connectivity index (χ3n) is 4.06. The van der Waals surface area contributed by atoms with Crippen LogP contribution in [0.2, 0.25) is 0 Å². The molecule has 0 spiro atoms. The van der Waals surface area contributed by atoms with Crippen molar-refractivity contribution in [2.75, 3.05) is 0 Å². The van der Waals surface area contributed by atoms with Crippen LogP contribution in [0.15, 0.2) is 11.6 Å². The van der Waals surface area contributed by atoms with Crippen molar-refractivity contribution in [1.29, 1.82) is 0 Å². The summed E-state index contributed by atoms with van der Waals surface area (Å²) < 4.78 is 0. The Morgan fingerprint density at radius 2 is 1.26 bits per heavy atom. The molecule has 4 heteroatoms. The lowest BCUT2D eigenvalue weighted by atomic mass is 10.0. The van der Waals surface area contributed by atoms with Gasteiger partial charge < -0.3 is 10.2 Å². The van der Waals surface area contributed by atoms with Gasteiger partial charge >= 0.3 is 11.9 Å². The van der Waals surface area contributed by atoms with E-state index >= 15 is 0 Å². The summed E-state index contributed by atoms with van der Waals surface area (Å²) in [7, 11) is 0. The summed E-state index contributed by atoms with van der Waals surface area (Å²) >= 11 is 0. The molecule has 134 valence electrons. The monoisotopic (exact) mass is 326 g/mol. The lowest BCUT2D eigenvalue weighted by Gasteiger charge is -2.03. The lowest BCUT2D eigenvalue weighted by Crippen LogP contribution is -2.02. The molecule has 0 aliphatic rings. The maximum absolute atomic E-state index is 11.1. The van der Waals surface area contributed by atoms with Gasteiger partial charge in [0, 0.05) is 12.0 Å². The molecule has 0 unspecified atom stereocenters. The van der Waals surface area contributed by atoms with E-state index in [9.17, 15) is 9.59 Å². The third-order valence-corrected chi connectivity index (χ3v) is 4.06. The second-order valence-corrected chi connectivity index (χ2v) is 6.25. The summed E-state index contributed by atoms with van der Waals surface area (Å²) in [5.41, 5.74) is 0.363. The smallest absolute Gasteiger partial charge is 0.331 e. The number of unbranched alkanes of at least 4 members (excludes halogenated alkanes) is 10. The van der Waals surface area contributed by atoms with Gasteiger partial charge in [-0.05, 0) is 25.7 Å². The molecule has 0 fully saturated rings. The first-order chi connectivity index (χ1) is 11.1. The van der Waals surface area contributed by atoms with E-state index in [1.54, 1.807) is 6.08 Å². The first-order valence-corrected chi connectivity index (χ1v) is 9.22. The van der Waals surface area contributed by atoms with Crippen LogP contribution in [-0.2, 0) is 9.59 Å². The minimum Gasteiger partial charge on any atom is -0.481 e. The van der Waals surface area contributed by atoms with Crippen LogP contribution in [0.1, 0.15) is 96.8 Å². The maximum Gasteiger partial charge on any atom is 0.331 e. The van der Waals surface area contributed by atoms with Crippen LogP contribution < -0.4 is 0 Å². The molecule has 0 atom stereocenters. The second-order valence-electron chi connectivity index (χ2n) is 6.25. The quantitative estimate of drug-likeness (QED) is 0.287. The minimum absolute atomic E-state index is 0.0306. The van der Waals surface area contributed by atoms with Crippen molar-refractivity contribution in [3.05, 3.63) is 11.6 Å². The molecule has 4 nitrogen and oxygen atoms in total. The summed E-state index contributed by atoms with van der Waals surface area (Å²) in [4.78, 5) is 21.5. The zero-order valence-electron chi connectivity index (χ0n) is 14.7. The van der Waals surface area contributed by atoms with Gasteiger partial charge in [-0.2, -0.15) is 0 Å². The number of aliphatic carboxylic acids is 2. The van der Waals surface area contributed by atoms with Gasteiger partial charge in [-0.15, -0.1) is 0 Å². The van der Waals surface area contributed by atoms with Gasteiger partial charge in [0.2, 0.25) is 0 Å². The van der Waals surface area contributed by atoms with E-state index in [4.69, 9.17) is 10.2 Å². The van der Waals surface area contributed by atoms with Crippen LogP contribution in [0.5, 0.6) is 0 Å². The minimum atomic E-state index is -0.914. The van der Waals surface area contributed by atoms with Crippen molar-refractivity contribution in [2.45, 2.75) is 96.8 Å². The molecule has 0 aliphatic carbocycles. The number of carbonyl (C=O) groups is 2. The molecular formula is C19H34O4. The Bertz CT molecular complexity index is 347. The van der Waals surface area contributed by atoms with Crippen molar-refractivity contribution < 1.29 is 19.8 Å². The fraction of sp³-hybridized carbons (Fsp3) is 0.789. The molecule has 0 bridgehead atoms. The molecule has 0 radical (unpaired) electrons. The van der Waals surface area contributed by atoms with Gasteiger partial charge in [0.25, 0.3) is 0 Å². The van der Waals surface area contributed by atoms with Crippen molar-refractivity contribution in [1.82, 2.24) is 0 Å². The number of hydrogen-bond donors (Lipinski definition) is 2. The Morgan fingerprint density at radius 3 is 1.74 bits per heavy atom. The summed E-state index contributed by atoms with van der Waals surface area (Å²) in [5, 5.41) is 17.7. The average molecular weight is 326 g/mol. The highest BCUT2D eigenvalue weighted by Gasteiger charge is 2.07. The van der Waals surface area contributed by atoms with Gasteiger partial charge in [-0.1, -0.05) is 70.8 Å². The molecule has 2 N–H and O–H groups in total. The van der Waals surface area contributed by atoms with Crippen molar-refractivity contribution in [3.8, 4) is 0 Å². The van der Waals surface area contributed by atoms with Gasteiger partial charge in [0.05, 0.1) is 0 Å². The average Bonchev–Trinajstić information content (AvgIpc) is 2.50. The van der Waals surface area contributed by atoms with Crippen LogP contribution in [-0.4, -0.2) is 22.2 Å². The lowest BCUT2D eigenvalue weighted by molar-refractivity contribution is -0.137. The first kappa shape index (κ1) is 21.7. The Morgan fingerprint density at radius 1 is 0.739 bits per heavy atom. The molecule has 0 saturated carbocycles. The van der Waals surface area contributed by atoms with E-state index in [2.05, 4.69) is 6.92 Å². The SMILES string of the molecule is CCCCCCCCCCCCC=C(CCCC(=O)O)C(=O)O. The molecule has 0 aromatic rings. The number of hydrogen-bond acceptors (Lipinski definition) is 2. The van der Waals surface area contributed by atoms with Crippen LogP contribution in [0.3, 0.4) is 0 Å². The summed E-state index contributed by atoms with van der Waals surface area (Å²) in [5.74, 6) is -1.79. The van der Waals surface area contributed by atoms with Gasteiger partial charge in [0.15, 0.2) is 0 Å². The molecule has 23 heavy (non-hydrogen) atoms. The van der Waals surface area contributed by atoms with Crippen molar-refractivity contribution in [3.63, 3.8) is 0 Å². The van der Waals surface area contributed by atoms with Gasteiger partial charge in [-0.25, -0.2) is 4.79 Å². The Labute approximate surface area is 141 Å². The van der Waals surface area contributed by atoms with E-state index in [1.807, 2.05) is 0 Å². The highest BCUT2D eigenvalue weighted by Crippen LogP contribution is 2.14. The van der Waals surface area contributed by atoms with Crippen LogP contribution in [0.25, 0.3) is 0 Å². The van der Waals surface area contributed by atoms with Crippen LogP contribution in [0.4, 0.5) is 0 Å². The summed E-state index contributed by atoms with van der Waals surface area (Å²) in [6.45, 7) is 2.23. The molecule has 0 aliphatic heterocycles. The topological polar surface area (TPSA) is 74.6 Å². The molecule has 0 amide bonds. The molecule has 0 rings (SSSR count). The van der Waals surface area contributed by atoms with E-state index in [0.717, 1.165) is 19.3 Å². The summed E-state index contributed by atoms with van der Waals surface area (Å²) in [6.07, 6.45) is 16.0. The standard InChI is InChI=1S/C19H34O4/c1-2-3-4-5-6-7-8-9-10-11-12-14-17(19(22)23)15-13-16-18(20)21/h14H,2-13,15-16H2,1H3,(H,20,21)(H,22,23). The van der Waals surface area contributed by atoms with E-state index in [-0.39, 0.29) is 6.42 Å². The van der Waals surface area contributed by atoms with Gasteiger partial charge in [0.1, 0.15) is 0 Å². The Kier molecular flexibility index (Phi) is 14.7. The Hall–Kier alpha value is -1.32. The normalized spacial score (nSPS) is 11.6. The molecule has 0 aromatic heterocycles. The van der Waals surface area contributed by atoms with E-state index < -0.39 is 11.9 Å². The predicted octanol–water partition coefficient (Wildman–Crippen LogP) is 5.56. The zero-order chi connectivity index (χ0) is 17.3. The number of carboxylic acid groups (broad SMARTS) is 2. The second kappa shape index (κ2) is 15.6. The molecule has 0 aromatic carbocycles. The zero-order valence-corrected chi connectivity index (χ0v) is 14.7. The van der Waals surface area contributed by atoms with Crippen LogP contribution >= 0.6 is 0 Å². The van der Waals surface area contributed by atoms with Crippen LogP contribution in [0, 0.1) is 0 Å². The highest BCUT2D eigenvalue weighted by atomic mass is 16.4. The molecule has 0 saturated heterocycles. The first-order valence-electron chi connectivity index (χ1n) is 9.22. The number of carboxylic acids is 2. The third kappa shape index (κ3) is 15.4. The number of rotatable bonds is 16. The predicted molar refractivity (Wildman–Crippen MR) is 93.7 cm³/mol. The highest BCUT2D eigenvalue weighted by molar-refractivity contribution is 5.86. The molecular weight excluding hydrogens is 292 g/mol. The maximum atomic E-state index is 11.1.